The average molecular weight is 231 g/mol. The van der Waals surface area contributed by atoms with Crippen molar-refractivity contribution in [3.8, 4) is 0 Å². The van der Waals surface area contributed by atoms with Crippen molar-refractivity contribution in [3.05, 3.63) is 0 Å². The van der Waals surface area contributed by atoms with Crippen molar-refractivity contribution in [1.29, 1.82) is 0 Å². The van der Waals surface area contributed by atoms with Gasteiger partial charge in [-0.15, -0.1) is 0 Å². The summed E-state index contributed by atoms with van der Waals surface area (Å²) >= 11 is 1.89. The SMILES string of the molecule is CSCC(C)N(C)C1CCCCCC1O. The van der Waals surface area contributed by atoms with Crippen LogP contribution in [0.2, 0.25) is 0 Å². The van der Waals surface area contributed by atoms with E-state index >= 15 is 0 Å². The molecule has 0 bridgehead atoms. The van der Waals surface area contributed by atoms with Gasteiger partial charge in [0.1, 0.15) is 0 Å². The largest absolute Gasteiger partial charge is 0.391 e. The van der Waals surface area contributed by atoms with Crippen molar-refractivity contribution < 1.29 is 5.11 Å². The second kappa shape index (κ2) is 6.77. The Balaban J connectivity index is 2.50. The lowest BCUT2D eigenvalue weighted by molar-refractivity contribution is 0.0442. The predicted molar refractivity (Wildman–Crippen MR) is 68.5 cm³/mol. The molecule has 3 atom stereocenters. The van der Waals surface area contributed by atoms with Gasteiger partial charge >= 0.3 is 0 Å². The van der Waals surface area contributed by atoms with Gasteiger partial charge in [0.05, 0.1) is 6.10 Å². The van der Waals surface area contributed by atoms with E-state index in [1.807, 2.05) is 11.8 Å². The maximum absolute atomic E-state index is 10.1. The third-order valence-electron chi connectivity index (χ3n) is 3.57. The van der Waals surface area contributed by atoms with Crippen molar-refractivity contribution in [3.63, 3.8) is 0 Å². The van der Waals surface area contributed by atoms with E-state index in [2.05, 4.69) is 25.1 Å². The first kappa shape index (κ1) is 13.3. The molecule has 0 aromatic carbocycles. The van der Waals surface area contributed by atoms with E-state index in [0.29, 0.717) is 12.1 Å². The highest BCUT2D eigenvalue weighted by Gasteiger charge is 2.27. The fourth-order valence-corrected chi connectivity index (χ4v) is 3.15. The number of aliphatic hydroxyl groups excluding tert-OH is 1. The maximum atomic E-state index is 10.1. The molecule has 0 spiro atoms. The number of nitrogens with zero attached hydrogens (tertiary/aromatic N) is 1. The third kappa shape index (κ3) is 3.97. The molecule has 1 saturated carbocycles. The fourth-order valence-electron chi connectivity index (χ4n) is 2.43. The Morgan fingerprint density at radius 3 is 2.67 bits per heavy atom. The molecule has 1 N–H and O–H groups in total. The zero-order valence-corrected chi connectivity index (χ0v) is 11.1. The predicted octanol–water partition coefficient (Wildman–Crippen LogP) is 2.36. The maximum Gasteiger partial charge on any atom is 0.0695 e. The van der Waals surface area contributed by atoms with Gasteiger partial charge in [0.25, 0.3) is 0 Å². The number of hydrogen-bond donors (Lipinski definition) is 1. The van der Waals surface area contributed by atoms with Gasteiger partial charge in [-0.05, 0) is 33.1 Å². The number of rotatable bonds is 4. The van der Waals surface area contributed by atoms with Crippen LogP contribution >= 0.6 is 11.8 Å². The zero-order valence-electron chi connectivity index (χ0n) is 10.3. The molecule has 3 heteroatoms. The van der Waals surface area contributed by atoms with E-state index in [1.165, 1.54) is 19.3 Å². The van der Waals surface area contributed by atoms with E-state index in [-0.39, 0.29) is 6.10 Å². The van der Waals surface area contributed by atoms with E-state index in [0.717, 1.165) is 18.6 Å². The van der Waals surface area contributed by atoms with Crippen LogP contribution < -0.4 is 0 Å². The van der Waals surface area contributed by atoms with Crippen LogP contribution in [0.15, 0.2) is 0 Å². The summed E-state index contributed by atoms with van der Waals surface area (Å²) in [5.74, 6) is 1.15. The summed E-state index contributed by atoms with van der Waals surface area (Å²) in [4.78, 5) is 2.38. The fraction of sp³-hybridized carbons (Fsp3) is 1.00. The first-order chi connectivity index (χ1) is 7.16. The molecular weight excluding hydrogens is 206 g/mol. The molecule has 2 nitrogen and oxygen atoms in total. The molecule has 0 aromatic heterocycles. The first-order valence-corrected chi connectivity index (χ1v) is 7.45. The monoisotopic (exact) mass is 231 g/mol. The molecule has 0 amide bonds. The van der Waals surface area contributed by atoms with Gasteiger partial charge in [-0.3, -0.25) is 4.90 Å². The van der Waals surface area contributed by atoms with E-state index in [9.17, 15) is 5.11 Å². The Morgan fingerprint density at radius 1 is 1.33 bits per heavy atom. The lowest BCUT2D eigenvalue weighted by Gasteiger charge is -2.35. The topological polar surface area (TPSA) is 23.5 Å². The van der Waals surface area contributed by atoms with Crippen LogP contribution in [0.1, 0.15) is 39.0 Å². The number of thioether (sulfide) groups is 1. The Kier molecular flexibility index (Phi) is 6.02. The van der Waals surface area contributed by atoms with Crippen molar-refractivity contribution in [2.75, 3.05) is 19.1 Å². The van der Waals surface area contributed by atoms with Gasteiger partial charge in [-0.1, -0.05) is 19.3 Å². The molecule has 1 fully saturated rings. The quantitative estimate of drug-likeness (QED) is 0.751. The summed E-state index contributed by atoms with van der Waals surface area (Å²) in [6.45, 7) is 2.26. The smallest absolute Gasteiger partial charge is 0.0695 e. The standard InChI is InChI=1S/C12H25NOS/c1-10(9-15-3)13(2)11-7-5-4-6-8-12(11)14/h10-12,14H,4-9H2,1-3H3. The summed E-state index contributed by atoms with van der Waals surface area (Å²) in [5, 5.41) is 10.1. The van der Waals surface area contributed by atoms with Gasteiger partial charge in [-0.2, -0.15) is 11.8 Å². The van der Waals surface area contributed by atoms with Gasteiger partial charge in [-0.25, -0.2) is 0 Å². The Labute approximate surface area is 98.4 Å². The lowest BCUT2D eigenvalue weighted by Crippen LogP contribution is -2.46. The van der Waals surface area contributed by atoms with Crippen molar-refractivity contribution in [2.24, 2.45) is 0 Å². The molecule has 0 aliphatic heterocycles. The summed E-state index contributed by atoms with van der Waals surface area (Å²) in [5.41, 5.74) is 0. The Morgan fingerprint density at radius 2 is 2.00 bits per heavy atom. The average Bonchev–Trinajstić information content (AvgIpc) is 2.42. The highest BCUT2D eigenvalue weighted by Crippen LogP contribution is 2.23. The first-order valence-electron chi connectivity index (χ1n) is 6.05. The van der Waals surface area contributed by atoms with E-state index in [4.69, 9.17) is 0 Å². The molecule has 1 rings (SSSR count). The van der Waals surface area contributed by atoms with Crippen molar-refractivity contribution >= 4 is 11.8 Å². The molecule has 0 radical (unpaired) electrons. The molecule has 0 aromatic rings. The van der Waals surface area contributed by atoms with Gasteiger partial charge in [0.2, 0.25) is 0 Å². The van der Waals surface area contributed by atoms with Crippen LogP contribution in [-0.4, -0.2) is 47.3 Å². The van der Waals surface area contributed by atoms with Crippen LogP contribution in [0, 0.1) is 0 Å². The minimum absolute atomic E-state index is 0.109. The Bertz CT molecular complexity index is 177. The molecular formula is C12H25NOS. The molecule has 90 valence electrons. The second-order valence-corrected chi connectivity index (χ2v) is 5.65. The summed E-state index contributed by atoms with van der Waals surface area (Å²) in [6, 6.07) is 0.951. The van der Waals surface area contributed by atoms with E-state index < -0.39 is 0 Å². The minimum atomic E-state index is -0.109. The van der Waals surface area contributed by atoms with E-state index in [1.54, 1.807) is 0 Å². The second-order valence-electron chi connectivity index (χ2n) is 4.74. The molecule has 1 aliphatic rings. The summed E-state index contributed by atoms with van der Waals surface area (Å²) in [6.07, 6.45) is 7.95. The van der Waals surface area contributed by atoms with Crippen LogP contribution in [0.4, 0.5) is 0 Å². The molecule has 1 aliphatic carbocycles. The Hall–Kier alpha value is 0.270. The van der Waals surface area contributed by atoms with Gasteiger partial charge in [0.15, 0.2) is 0 Å². The number of hydrogen-bond acceptors (Lipinski definition) is 3. The summed E-state index contributed by atoms with van der Waals surface area (Å²) in [7, 11) is 2.17. The normalized spacial score (nSPS) is 30.2. The number of aliphatic hydroxyl groups is 1. The number of likely N-dealkylation sites (N-methyl/N-ethyl adjacent to an activating group) is 1. The van der Waals surface area contributed by atoms with Crippen LogP contribution in [0.25, 0.3) is 0 Å². The van der Waals surface area contributed by atoms with Crippen LogP contribution in [0.3, 0.4) is 0 Å². The van der Waals surface area contributed by atoms with Gasteiger partial charge < -0.3 is 5.11 Å². The molecule has 15 heavy (non-hydrogen) atoms. The molecule has 0 heterocycles. The highest BCUT2D eigenvalue weighted by atomic mass is 32.2. The van der Waals surface area contributed by atoms with Crippen LogP contribution in [-0.2, 0) is 0 Å². The van der Waals surface area contributed by atoms with Crippen LogP contribution in [0.5, 0.6) is 0 Å². The third-order valence-corrected chi connectivity index (χ3v) is 4.39. The lowest BCUT2D eigenvalue weighted by atomic mass is 10.0. The van der Waals surface area contributed by atoms with Crippen molar-refractivity contribution in [2.45, 2.75) is 57.2 Å². The highest BCUT2D eigenvalue weighted by molar-refractivity contribution is 7.98. The zero-order chi connectivity index (χ0) is 11.3. The minimum Gasteiger partial charge on any atom is -0.391 e. The molecule has 3 unspecified atom stereocenters. The van der Waals surface area contributed by atoms with Gasteiger partial charge in [0, 0.05) is 17.8 Å². The summed E-state index contributed by atoms with van der Waals surface area (Å²) < 4.78 is 0. The molecule has 0 saturated heterocycles. The van der Waals surface area contributed by atoms with Crippen molar-refractivity contribution in [1.82, 2.24) is 4.90 Å².